The molecule has 2 heterocycles. The highest BCUT2D eigenvalue weighted by atomic mass is 79.9. The molecule has 0 saturated heterocycles. The van der Waals surface area contributed by atoms with Crippen LogP contribution in [0.2, 0.25) is 0 Å². The maximum atomic E-state index is 6.36. The fourth-order valence-electron chi connectivity index (χ4n) is 9.02. The minimum absolute atomic E-state index is 0.0780. The molecule has 0 N–H and O–H groups in total. The summed E-state index contributed by atoms with van der Waals surface area (Å²) in [6, 6.07) is 58.4. The minimum Gasteiger partial charge on any atom is -0.485 e. The van der Waals surface area contributed by atoms with Gasteiger partial charge in [0.25, 0.3) is 0 Å². The first-order valence-corrected chi connectivity index (χ1v) is 19.3. The van der Waals surface area contributed by atoms with Gasteiger partial charge in [-0.1, -0.05) is 131 Å². The third-order valence-electron chi connectivity index (χ3n) is 11.5. The van der Waals surface area contributed by atoms with E-state index in [9.17, 15) is 0 Å². The zero-order chi connectivity index (χ0) is 35.0. The highest BCUT2D eigenvalue weighted by Crippen LogP contribution is 2.48. The van der Waals surface area contributed by atoms with Crippen molar-refractivity contribution in [1.29, 1.82) is 0 Å². The second-order valence-corrected chi connectivity index (χ2v) is 15.3. The molecule has 3 heteroatoms. The summed E-state index contributed by atoms with van der Waals surface area (Å²) in [6.45, 7) is 0. The van der Waals surface area contributed by atoms with Crippen molar-refractivity contribution in [2.24, 2.45) is 0 Å². The Morgan fingerprint density at radius 2 is 1.23 bits per heavy atom. The topological polar surface area (TPSA) is 14.2 Å². The molecule has 8 aromatic rings. The van der Waals surface area contributed by atoms with Gasteiger partial charge in [-0.3, -0.25) is 0 Å². The normalized spacial score (nSPS) is 17.0. The maximum absolute atomic E-state index is 6.36. The van der Waals surface area contributed by atoms with Crippen LogP contribution in [0.15, 0.2) is 174 Å². The lowest BCUT2D eigenvalue weighted by Gasteiger charge is -2.29. The van der Waals surface area contributed by atoms with Crippen LogP contribution in [0.25, 0.3) is 66.4 Å². The Labute approximate surface area is 317 Å². The van der Waals surface area contributed by atoms with Crippen molar-refractivity contribution in [3.63, 3.8) is 0 Å². The Hall–Kier alpha value is -5.90. The second kappa shape index (κ2) is 12.1. The third kappa shape index (κ3) is 4.91. The Balaban J connectivity index is 1.06. The molecule has 2 atom stereocenters. The predicted octanol–water partition coefficient (Wildman–Crippen LogP) is 13.3. The van der Waals surface area contributed by atoms with E-state index in [2.05, 4.69) is 190 Å². The van der Waals surface area contributed by atoms with Gasteiger partial charge >= 0.3 is 0 Å². The summed E-state index contributed by atoms with van der Waals surface area (Å²) in [5.74, 6) is 1.26. The Kier molecular flexibility index (Phi) is 7.00. The fourth-order valence-corrected chi connectivity index (χ4v) is 9.68. The van der Waals surface area contributed by atoms with Gasteiger partial charge in [0.1, 0.15) is 11.9 Å². The third-order valence-corrected chi connectivity index (χ3v) is 12.2. The SMILES string of the molecule is BrC1=C2c3cc(-c4ccc5c(c4)-c4cc(-c6ccc7c(c6)c6ccccc6n7-c6ccccc6)ccc4CC5c4ccccc4)ccc3OC2CC=C1. The van der Waals surface area contributed by atoms with Crippen LogP contribution >= 0.6 is 15.9 Å². The molecule has 0 radical (unpaired) electrons. The van der Waals surface area contributed by atoms with Crippen LogP contribution < -0.4 is 4.74 Å². The largest absolute Gasteiger partial charge is 0.485 e. The Morgan fingerprint density at radius 3 is 2.08 bits per heavy atom. The van der Waals surface area contributed by atoms with Crippen LogP contribution in [0.4, 0.5) is 0 Å². The number of para-hydroxylation sites is 2. The summed E-state index contributed by atoms with van der Waals surface area (Å²) in [5, 5.41) is 2.54. The maximum Gasteiger partial charge on any atom is 0.129 e. The van der Waals surface area contributed by atoms with Gasteiger partial charge in [-0.15, -0.1) is 0 Å². The first kappa shape index (κ1) is 30.7. The van der Waals surface area contributed by atoms with E-state index in [4.69, 9.17) is 4.74 Å². The van der Waals surface area contributed by atoms with Crippen LogP contribution in [-0.4, -0.2) is 10.7 Å². The lowest BCUT2D eigenvalue weighted by molar-refractivity contribution is 0.279. The summed E-state index contributed by atoms with van der Waals surface area (Å²) in [5.41, 5.74) is 17.7. The smallest absolute Gasteiger partial charge is 0.129 e. The van der Waals surface area contributed by atoms with Gasteiger partial charge in [0.15, 0.2) is 0 Å². The van der Waals surface area contributed by atoms with Crippen LogP contribution in [0.3, 0.4) is 0 Å². The molecule has 2 aliphatic carbocycles. The number of allylic oxidation sites excluding steroid dienone is 2. The molecule has 0 fully saturated rings. The molecular formula is C50H34BrNO. The molecule has 0 bridgehead atoms. The van der Waals surface area contributed by atoms with E-state index < -0.39 is 0 Å². The molecule has 11 rings (SSSR count). The molecule has 2 nitrogen and oxygen atoms in total. The van der Waals surface area contributed by atoms with Gasteiger partial charge in [0.2, 0.25) is 0 Å². The van der Waals surface area contributed by atoms with Gasteiger partial charge in [-0.25, -0.2) is 0 Å². The molecule has 0 saturated carbocycles. The van der Waals surface area contributed by atoms with Crippen LogP contribution in [-0.2, 0) is 6.42 Å². The van der Waals surface area contributed by atoms with Crippen molar-refractivity contribution in [1.82, 2.24) is 4.57 Å². The van der Waals surface area contributed by atoms with Gasteiger partial charge < -0.3 is 9.30 Å². The molecule has 1 aromatic heterocycles. The standard InChI is InChI=1S/C50H34BrNO/c51-45-15-9-17-49-50(45)44-29-35(22-25-48(44)53-49)33-20-23-38-40(31-10-3-1-4-11-31)30-36-19-18-32(26-41(36)42(38)27-33)34-21-24-47-43(28-34)39-14-7-8-16-46(39)52(47)37-12-5-2-6-13-37/h1-16,18-29,40,49H,17,30H2. The van der Waals surface area contributed by atoms with E-state index in [0.717, 1.165) is 23.1 Å². The van der Waals surface area contributed by atoms with Gasteiger partial charge in [0.05, 0.1) is 11.0 Å². The average Bonchev–Trinajstić information content (AvgIpc) is 3.76. The quantitative estimate of drug-likeness (QED) is 0.175. The molecular weight excluding hydrogens is 710 g/mol. The predicted molar refractivity (Wildman–Crippen MR) is 223 cm³/mol. The van der Waals surface area contributed by atoms with E-state index in [-0.39, 0.29) is 6.10 Å². The van der Waals surface area contributed by atoms with Crippen molar-refractivity contribution in [2.75, 3.05) is 0 Å². The zero-order valence-corrected chi connectivity index (χ0v) is 30.6. The number of aromatic nitrogens is 1. The number of rotatable bonds is 4. The van der Waals surface area contributed by atoms with Crippen LogP contribution in [0, 0.1) is 0 Å². The molecule has 7 aromatic carbocycles. The van der Waals surface area contributed by atoms with Crippen molar-refractivity contribution in [2.45, 2.75) is 24.9 Å². The molecule has 252 valence electrons. The van der Waals surface area contributed by atoms with Crippen LogP contribution in [0.1, 0.15) is 34.6 Å². The van der Waals surface area contributed by atoms with Crippen molar-refractivity contribution < 1.29 is 4.74 Å². The van der Waals surface area contributed by atoms with Crippen molar-refractivity contribution in [3.8, 4) is 44.8 Å². The van der Waals surface area contributed by atoms with E-state index in [1.807, 2.05) is 0 Å². The summed E-state index contributed by atoms with van der Waals surface area (Å²) >= 11 is 3.82. The minimum atomic E-state index is 0.0780. The molecule has 0 amide bonds. The van der Waals surface area contributed by atoms with E-state index >= 15 is 0 Å². The fraction of sp³-hybridized carbons (Fsp3) is 0.0800. The number of hydrogen-bond donors (Lipinski definition) is 0. The first-order chi connectivity index (χ1) is 26.2. The van der Waals surface area contributed by atoms with E-state index in [1.54, 1.807) is 0 Å². The number of fused-ring (bicyclic) bond motifs is 9. The molecule has 1 aliphatic heterocycles. The molecule has 0 spiro atoms. The van der Waals surface area contributed by atoms with Crippen LogP contribution in [0.5, 0.6) is 5.75 Å². The molecule has 3 aliphatic rings. The number of hydrogen-bond acceptors (Lipinski definition) is 1. The van der Waals surface area contributed by atoms with E-state index in [1.165, 1.54) is 88.7 Å². The van der Waals surface area contributed by atoms with Crippen molar-refractivity contribution in [3.05, 3.63) is 197 Å². The lowest BCUT2D eigenvalue weighted by atomic mass is 9.74. The Bertz CT molecular complexity index is 2830. The summed E-state index contributed by atoms with van der Waals surface area (Å²) in [4.78, 5) is 0. The lowest BCUT2D eigenvalue weighted by Crippen LogP contribution is -2.13. The monoisotopic (exact) mass is 743 g/mol. The Morgan fingerprint density at radius 1 is 0.566 bits per heavy atom. The summed E-state index contributed by atoms with van der Waals surface area (Å²) < 4.78 is 9.86. The number of ether oxygens (including phenoxy) is 1. The zero-order valence-electron chi connectivity index (χ0n) is 29.0. The van der Waals surface area contributed by atoms with Gasteiger partial charge in [-0.2, -0.15) is 0 Å². The average molecular weight is 745 g/mol. The first-order valence-electron chi connectivity index (χ1n) is 18.5. The number of benzene rings is 7. The van der Waals surface area contributed by atoms with Crippen molar-refractivity contribution >= 4 is 43.3 Å². The molecule has 2 unspecified atom stereocenters. The van der Waals surface area contributed by atoms with Gasteiger partial charge in [-0.05, 0) is 111 Å². The highest BCUT2D eigenvalue weighted by Gasteiger charge is 2.32. The van der Waals surface area contributed by atoms with E-state index in [0.29, 0.717) is 5.92 Å². The summed E-state index contributed by atoms with van der Waals surface area (Å²) in [7, 11) is 0. The number of halogens is 1. The molecule has 53 heavy (non-hydrogen) atoms. The highest BCUT2D eigenvalue weighted by molar-refractivity contribution is 9.12. The number of nitrogens with zero attached hydrogens (tertiary/aromatic N) is 1. The van der Waals surface area contributed by atoms with Gasteiger partial charge in [0, 0.05) is 44.4 Å². The summed E-state index contributed by atoms with van der Waals surface area (Å²) in [6.07, 6.45) is 6.30. The second-order valence-electron chi connectivity index (χ2n) is 14.5.